The molecule has 0 radical (unpaired) electrons. The first-order valence-electron chi connectivity index (χ1n) is 10.4. The van der Waals surface area contributed by atoms with Gasteiger partial charge in [0.15, 0.2) is 5.96 Å². The van der Waals surface area contributed by atoms with Gasteiger partial charge in [-0.05, 0) is 39.2 Å². The Hall–Kier alpha value is -2.04. The number of carbonyl (C=O) groups excluding carboxylic acids is 2. The summed E-state index contributed by atoms with van der Waals surface area (Å²) in [4.78, 5) is 32.3. The second-order valence-electron chi connectivity index (χ2n) is 8.70. The zero-order valence-electron chi connectivity index (χ0n) is 19.2. The molecule has 0 spiro atoms. The van der Waals surface area contributed by atoms with E-state index in [4.69, 9.17) is 4.74 Å². The maximum atomic E-state index is 12.4. The van der Waals surface area contributed by atoms with Gasteiger partial charge < -0.3 is 25.2 Å². The lowest BCUT2D eigenvalue weighted by Gasteiger charge is -2.35. The van der Waals surface area contributed by atoms with Crippen molar-refractivity contribution in [1.82, 2.24) is 20.4 Å². The van der Waals surface area contributed by atoms with Crippen LogP contribution in [0.3, 0.4) is 0 Å². The van der Waals surface area contributed by atoms with Gasteiger partial charge in [0.05, 0.1) is 13.1 Å². The number of nitrogens with one attached hydrogen (secondary N) is 2. The Morgan fingerprint density at radius 1 is 1.23 bits per heavy atom. The Morgan fingerprint density at radius 3 is 2.52 bits per heavy atom. The van der Waals surface area contributed by atoms with E-state index in [-0.39, 0.29) is 48.6 Å². The third kappa shape index (κ3) is 10.2. The summed E-state index contributed by atoms with van der Waals surface area (Å²) in [5.74, 6) is 0.522. The number of amides is 2. The largest absolute Gasteiger partial charge is 0.444 e. The standard InChI is InChI=1S/C22H35N5O3.HI/c1-22(2,3)30-21(29)27-13-9-12-18(16-27)25-20(24-15-19(28)26(4)5)23-14-17-10-7-6-8-11-17;/h6-8,10-11,18H,9,12-16H2,1-5H3,(H2,23,24,25);1H. The third-order valence-electron chi connectivity index (χ3n) is 4.58. The molecule has 8 nitrogen and oxygen atoms in total. The summed E-state index contributed by atoms with van der Waals surface area (Å²) in [6.07, 6.45) is 1.49. The van der Waals surface area contributed by atoms with E-state index in [1.807, 2.05) is 51.1 Å². The van der Waals surface area contributed by atoms with Crippen molar-refractivity contribution in [2.24, 2.45) is 4.99 Å². The molecule has 1 aromatic carbocycles. The first-order chi connectivity index (χ1) is 14.1. The monoisotopic (exact) mass is 545 g/mol. The fourth-order valence-corrected chi connectivity index (χ4v) is 3.00. The maximum absolute atomic E-state index is 12.4. The van der Waals surface area contributed by atoms with Crippen LogP contribution >= 0.6 is 24.0 Å². The number of benzene rings is 1. The SMILES string of the molecule is CN(C)C(=O)CNC(=NCc1ccccc1)NC1CCCN(C(=O)OC(C)(C)C)C1.I. The Morgan fingerprint density at radius 2 is 1.90 bits per heavy atom. The normalized spacial score (nSPS) is 16.7. The zero-order chi connectivity index (χ0) is 22.1. The molecular weight excluding hydrogens is 509 g/mol. The van der Waals surface area contributed by atoms with Crippen molar-refractivity contribution >= 4 is 41.9 Å². The first-order valence-corrected chi connectivity index (χ1v) is 10.4. The number of piperidine rings is 1. The average molecular weight is 545 g/mol. The lowest BCUT2D eigenvalue weighted by atomic mass is 10.1. The number of halogens is 1. The van der Waals surface area contributed by atoms with E-state index in [1.165, 1.54) is 4.90 Å². The second-order valence-corrected chi connectivity index (χ2v) is 8.70. The average Bonchev–Trinajstić information content (AvgIpc) is 2.69. The van der Waals surface area contributed by atoms with Crippen LogP contribution in [0, 0.1) is 0 Å². The zero-order valence-corrected chi connectivity index (χ0v) is 21.5. The van der Waals surface area contributed by atoms with Gasteiger partial charge in [-0.15, -0.1) is 24.0 Å². The second kappa shape index (κ2) is 12.7. The molecule has 9 heteroatoms. The van der Waals surface area contributed by atoms with Crippen molar-refractivity contribution in [3.63, 3.8) is 0 Å². The molecule has 1 aliphatic heterocycles. The minimum Gasteiger partial charge on any atom is -0.444 e. The lowest BCUT2D eigenvalue weighted by Crippen LogP contribution is -2.54. The molecule has 2 rings (SSSR count). The maximum Gasteiger partial charge on any atom is 0.410 e. The number of ether oxygens (including phenoxy) is 1. The number of guanidine groups is 1. The highest BCUT2D eigenvalue weighted by Crippen LogP contribution is 2.15. The molecule has 1 fully saturated rings. The molecule has 2 amide bonds. The van der Waals surface area contributed by atoms with Gasteiger partial charge >= 0.3 is 6.09 Å². The van der Waals surface area contributed by atoms with E-state index in [2.05, 4.69) is 15.6 Å². The van der Waals surface area contributed by atoms with Crippen molar-refractivity contribution in [1.29, 1.82) is 0 Å². The van der Waals surface area contributed by atoms with E-state index in [0.29, 0.717) is 25.6 Å². The lowest BCUT2D eigenvalue weighted by molar-refractivity contribution is -0.127. The molecule has 1 unspecified atom stereocenters. The summed E-state index contributed by atoms with van der Waals surface area (Å²) in [5.41, 5.74) is 0.560. The first kappa shape index (κ1) is 27.0. The van der Waals surface area contributed by atoms with Crippen LogP contribution in [-0.2, 0) is 16.1 Å². The smallest absolute Gasteiger partial charge is 0.410 e. The van der Waals surface area contributed by atoms with Crippen LogP contribution in [-0.4, -0.2) is 73.1 Å². The molecule has 0 bridgehead atoms. The van der Waals surface area contributed by atoms with Crippen LogP contribution in [0.25, 0.3) is 0 Å². The fraction of sp³-hybridized carbons (Fsp3) is 0.591. The van der Waals surface area contributed by atoms with Gasteiger partial charge in [0.25, 0.3) is 0 Å². The minimum atomic E-state index is -0.520. The van der Waals surface area contributed by atoms with Gasteiger partial charge in [-0.3, -0.25) is 4.79 Å². The fourth-order valence-electron chi connectivity index (χ4n) is 3.00. The number of hydrogen-bond acceptors (Lipinski definition) is 4. The molecule has 0 aromatic heterocycles. The Kier molecular flexibility index (Phi) is 11.1. The van der Waals surface area contributed by atoms with Crippen molar-refractivity contribution in [3.05, 3.63) is 35.9 Å². The molecule has 31 heavy (non-hydrogen) atoms. The molecule has 0 saturated carbocycles. The predicted octanol–water partition coefficient (Wildman–Crippen LogP) is 2.83. The molecule has 1 saturated heterocycles. The highest BCUT2D eigenvalue weighted by Gasteiger charge is 2.28. The molecule has 0 aliphatic carbocycles. The Bertz CT molecular complexity index is 734. The van der Waals surface area contributed by atoms with Crippen LogP contribution in [0.5, 0.6) is 0 Å². The quantitative estimate of drug-likeness (QED) is 0.338. The van der Waals surface area contributed by atoms with Gasteiger partial charge in [0.2, 0.25) is 5.91 Å². The van der Waals surface area contributed by atoms with Crippen LogP contribution in [0.15, 0.2) is 35.3 Å². The molecular formula is C22H36IN5O3. The molecule has 1 aliphatic rings. The molecule has 2 N–H and O–H groups in total. The van der Waals surface area contributed by atoms with Gasteiger partial charge in [0, 0.05) is 33.2 Å². The van der Waals surface area contributed by atoms with Crippen molar-refractivity contribution in [2.75, 3.05) is 33.7 Å². The van der Waals surface area contributed by atoms with E-state index in [9.17, 15) is 9.59 Å². The van der Waals surface area contributed by atoms with E-state index in [1.54, 1.807) is 19.0 Å². The number of aliphatic imine (C=N–C) groups is 1. The molecule has 1 atom stereocenters. The highest BCUT2D eigenvalue weighted by atomic mass is 127. The van der Waals surface area contributed by atoms with Crippen LogP contribution in [0.2, 0.25) is 0 Å². The van der Waals surface area contributed by atoms with E-state index >= 15 is 0 Å². The van der Waals surface area contributed by atoms with Gasteiger partial charge in [-0.2, -0.15) is 0 Å². The topological polar surface area (TPSA) is 86.3 Å². The van der Waals surface area contributed by atoms with Crippen molar-refractivity contribution in [2.45, 2.75) is 51.8 Å². The number of nitrogens with zero attached hydrogens (tertiary/aromatic N) is 3. The Balaban J connectivity index is 0.00000480. The summed E-state index contributed by atoms with van der Waals surface area (Å²) < 4.78 is 5.50. The van der Waals surface area contributed by atoms with E-state index in [0.717, 1.165) is 18.4 Å². The van der Waals surface area contributed by atoms with Gasteiger partial charge in [-0.25, -0.2) is 9.79 Å². The summed E-state index contributed by atoms with van der Waals surface area (Å²) in [7, 11) is 3.44. The highest BCUT2D eigenvalue weighted by molar-refractivity contribution is 14.0. The van der Waals surface area contributed by atoms with Gasteiger partial charge in [-0.1, -0.05) is 30.3 Å². The van der Waals surface area contributed by atoms with Crippen LogP contribution in [0.1, 0.15) is 39.2 Å². The summed E-state index contributed by atoms with van der Waals surface area (Å²) in [5, 5.41) is 6.50. The van der Waals surface area contributed by atoms with Crippen molar-refractivity contribution < 1.29 is 14.3 Å². The van der Waals surface area contributed by atoms with Gasteiger partial charge in [0.1, 0.15) is 5.60 Å². The molecule has 174 valence electrons. The summed E-state index contributed by atoms with van der Waals surface area (Å²) in [6.45, 7) is 7.45. The number of carbonyl (C=O) groups is 2. The minimum absolute atomic E-state index is 0. The van der Waals surface area contributed by atoms with Crippen molar-refractivity contribution in [3.8, 4) is 0 Å². The number of likely N-dealkylation sites (tertiary alicyclic amines) is 1. The number of hydrogen-bond donors (Lipinski definition) is 2. The third-order valence-corrected chi connectivity index (χ3v) is 4.58. The molecule has 1 heterocycles. The summed E-state index contributed by atoms with van der Waals surface area (Å²) in [6, 6.07) is 9.96. The van der Waals surface area contributed by atoms with Crippen LogP contribution in [0.4, 0.5) is 4.79 Å². The van der Waals surface area contributed by atoms with E-state index < -0.39 is 5.60 Å². The number of likely N-dealkylation sites (N-methyl/N-ethyl adjacent to an activating group) is 1. The Labute approximate surface area is 202 Å². The van der Waals surface area contributed by atoms with Crippen LogP contribution < -0.4 is 10.6 Å². The summed E-state index contributed by atoms with van der Waals surface area (Å²) >= 11 is 0. The number of rotatable bonds is 5. The molecule has 1 aromatic rings. The predicted molar refractivity (Wildman–Crippen MR) is 134 cm³/mol.